The fourth-order valence-electron chi connectivity index (χ4n) is 1.44. The van der Waals surface area contributed by atoms with E-state index < -0.39 is 36.8 Å². The van der Waals surface area contributed by atoms with Gasteiger partial charge < -0.3 is 29.9 Å². The van der Waals surface area contributed by atoms with Gasteiger partial charge in [-0.25, -0.2) is 0 Å². The Labute approximate surface area is 88.1 Å². The van der Waals surface area contributed by atoms with E-state index in [2.05, 4.69) is 0 Å². The van der Waals surface area contributed by atoms with Crippen molar-refractivity contribution in [2.24, 2.45) is 0 Å². The topological polar surface area (TPSA) is 99.4 Å². The van der Waals surface area contributed by atoms with Crippen molar-refractivity contribution < 1.29 is 29.9 Å². The number of aliphatic hydroxyl groups excluding tert-OH is 4. The molecule has 0 aliphatic carbocycles. The Morgan fingerprint density at radius 2 is 1.80 bits per heavy atom. The zero-order valence-corrected chi connectivity index (χ0v) is 8.78. The van der Waals surface area contributed by atoms with Gasteiger partial charge in [-0.2, -0.15) is 0 Å². The van der Waals surface area contributed by atoms with Crippen molar-refractivity contribution in [3.63, 3.8) is 0 Å². The summed E-state index contributed by atoms with van der Waals surface area (Å²) in [7, 11) is 0. The standard InChI is InChI=1S/C9H18O6/c1-4(10)3-14-9-7(13)6(12)8(15-9)5(2)11/h4-13H,3H2,1-2H3/t4?,5-,6-,7-,8?,9+/m1/s1. The van der Waals surface area contributed by atoms with Crippen LogP contribution < -0.4 is 0 Å². The molecule has 6 atom stereocenters. The quantitative estimate of drug-likeness (QED) is 0.448. The maximum absolute atomic E-state index is 9.50. The molecule has 0 bridgehead atoms. The maximum Gasteiger partial charge on any atom is 0.186 e. The molecule has 6 heteroatoms. The zero-order valence-electron chi connectivity index (χ0n) is 8.78. The lowest BCUT2D eigenvalue weighted by Gasteiger charge is -2.17. The lowest BCUT2D eigenvalue weighted by atomic mass is 10.1. The van der Waals surface area contributed by atoms with Gasteiger partial charge in [-0.15, -0.1) is 0 Å². The number of rotatable bonds is 4. The molecular weight excluding hydrogens is 204 g/mol. The van der Waals surface area contributed by atoms with Crippen LogP contribution in [-0.4, -0.2) is 63.8 Å². The van der Waals surface area contributed by atoms with Crippen molar-refractivity contribution in [1.82, 2.24) is 0 Å². The first-order valence-corrected chi connectivity index (χ1v) is 4.92. The van der Waals surface area contributed by atoms with E-state index >= 15 is 0 Å². The predicted octanol–water partition coefficient (Wildman–Crippen LogP) is -1.79. The summed E-state index contributed by atoms with van der Waals surface area (Å²) in [5, 5.41) is 37.2. The molecule has 2 unspecified atom stereocenters. The minimum Gasteiger partial charge on any atom is -0.391 e. The average molecular weight is 222 g/mol. The van der Waals surface area contributed by atoms with Crippen LogP contribution in [0.25, 0.3) is 0 Å². The second-order valence-corrected chi connectivity index (χ2v) is 3.87. The van der Waals surface area contributed by atoms with Gasteiger partial charge >= 0.3 is 0 Å². The lowest BCUT2D eigenvalue weighted by molar-refractivity contribution is -0.186. The summed E-state index contributed by atoms with van der Waals surface area (Å²) in [6, 6.07) is 0. The summed E-state index contributed by atoms with van der Waals surface area (Å²) in [4.78, 5) is 0. The normalized spacial score (nSPS) is 40.4. The molecule has 0 aromatic heterocycles. The fourth-order valence-corrected chi connectivity index (χ4v) is 1.44. The van der Waals surface area contributed by atoms with Crippen LogP contribution in [0.5, 0.6) is 0 Å². The molecule has 1 fully saturated rings. The molecule has 15 heavy (non-hydrogen) atoms. The molecule has 4 N–H and O–H groups in total. The van der Waals surface area contributed by atoms with Crippen molar-refractivity contribution in [2.75, 3.05) is 6.61 Å². The number of aliphatic hydroxyl groups is 4. The predicted molar refractivity (Wildman–Crippen MR) is 50.0 cm³/mol. The molecule has 0 radical (unpaired) electrons. The van der Waals surface area contributed by atoms with E-state index in [-0.39, 0.29) is 6.61 Å². The summed E-state index contributed by atoms with van der Waals surface area (Å²) >= 11 is 0. The average Bonchev–Trinajstić information content (AvgIpc) is 2.41. The fraction of sp³-hybridized carbons (Fsp3) is 1.00. The van der Waals surface area contributed by atoms with E-state index in [4.69, 9.17) is 14.6 Å². The lowest BCUT2D eigenvalue weighted by Crippen LogP contribution is -2.37. The summed E-state index contributed by atoms with van der Waals surface area (Å²) in [6.45, 7) is 2.99. The molecule has 0 aromatic rings. The van der Waals surface area contributed by atoms with E-state index in [1.165, 1.54) is 13.8 Å². The first-order chi connectivity index (χ1) is 6.93. The van der Waals surface area contributed by atoms with Crippen LogP contribution >= 0.6 is 0 Å². The van der Waals surface area contributed by atoms with Crippen molar-refractivity contribution in [3.05, 3.63) is 0 Å². The molecule has 1 aliphatic rings. The van der Waals surface area contributed by atoms with Gasteiger partial charge in [-0.3, -0.25) is 0 Å². The third-order valence-corrected chi connectivity index (χ3v) is 2.23. The van der Waals surface area contributed by atoms with Crippen LogP contribution in [0, 0.1) is 0 Å². The third-order valence-electron chi connectivity index (χ3n) is 2.23. The largest absolute Gasteiger partial charge is 0.391 e. The molecule has 0 spiro atoms. The molecule has 90 valence electrons. The summed E-state index contributed by atoms with van der Waals surface area (Å²) < 4.78 is 10.1. The Kier molecular flexibility index (Phi) is 4.45. The highest BCUT2D eigenvalue weighted by molar-refractivity contribution is 4.89. The Hall–Kier alpha value is -0.240. The maximum atomic E-state index is 9.50. The molecule has 0 aromatic carbocycles. The summed E-state index contributed by atoms with van der Waals surface area (Å²) in [5.41, 5.74) is 0. The monoisotopic (exact) mass is 222 g/mol. The second kappa shape index (κ2) is 5.20. The number of hydrogen-bond acceptors (Lipinski definition) is 6. The Balaban J connectivity index is 2.48. The van der Waals surface area contributed by atoms with Crippen molar-refractivity contribution in [3.8, 4) is 0 Å². The minimum atomic E-state index is -1.21. The summed E-state index contributed by atoms with van der Waals surface area (Å²) in [6.07, 6.45) is -5.82. The van der Waals surface area contributed by atoms with Crippen LogP contribution in [0.15, 0.2) is 0 Å². The van der Waals surface area contributed by atoms with Gasteiger partial charge in [0.05, 0.1) is 18.8 Å². The SMILES string of the molecule is CC(O)CO[C@H]1OC([C@@H](C)O)[C@H](O)[C@H]1O. The van der Waals surface area contributed by atoms with Crippen LogP contribution in [0.1, 0.15) is 13.8 Å². The van der Waals surface area contributed by atoms with Gasteiger partial charge in [0.15, 0.2) is 6.29 Å². The zero-order chi connectivity index (χ0) is 11.6. The van der Waals surface area contributed by atoms with Gasteiger partial charge in [0, 0.05) is 0 Å². The number of hydrogen-bond donors (Lipinski definition) is 4. The van der Waals surface area contributed by atoms with E-state index in [0.717, 1.165) is 0 Å². The van der Waals surface area contributed by atoms with Crippen molar-refractivity contribution in [2.45, 2.75) is 50.7 Å². The van der Waals surface area contributed by atoms with Crippen LogP contribution in [0.4, 0.5) is 0 Å². The van der Waals surface area contributed by atoms with E-state index in [9.17, 15) is 15.3 Å². The van der Waals surface area contributed by atoms with E-state index in [1.807, 2.05) is 0 Å². The van der Waals surface area contributed by atoms with Crippen molar-refractivity contribution >= 4 is 0 Å². The number of ether oxygens (including phenoxy) is 2. The highest BCUT2D eigenvalue weighted by atomic mass is 16.7. The van der Waals surface area contributed by atoms with Gasteiger partial charge in [0.25, 0.3) is 0 Å². The minimum absolute atomic E-state index is 0.000968. The molecule has 0 saturated carbocycles. The molecule has 0 amide bonds. The molecule has 6 nitrogen and oxygen atoms in total. The first-order valence-electron chi connectivity index (χ1n) is 4.92. The molecule has 1 rings (SSSR count). The van der Waals surface area contributed by atoms with E-state index in [1.54, 1.807) is 0 Å². The van der Waals surface area contributed by atoms with Crippen LogP contribution in [-0.2, 0) is 9.47 Å². The Morgan fingerprint density at radius 3 is 2.20 bits per heavy atom. The van der Waals surface area contributed by atoms with Gasteiger partial charge in [0.1, 0.15) is 18.3 Å². The third kappa shape index (κ3) is 3.10. The van der Waals surface area contributed by atoms with Gasteiger partial charge in [0.2, 0.25) is 0 Å². The highest BCUT2D eigenvalue weighted by Gasteiger charge is 2.45. The molecule has 1 saturated heterocycles. The molecule has 1 aliphatic heterocycles. The highest BCUT2D eigenvalue weighted by Crippen LogP contribution is 2.24. The second-order valence-electron chi connectivity index (χ2n) is 3.87. The van der Waals surface area contributed by atoms with E-state index in [0.29, 0.717) is 0 Å². The first kappa shape index (κ1) is 12.8. The van der Waals surface area contributed by atoms with Crippen molar-refractivity contribution in [1.29, 1.82) is 0 Å². The Bertz CT molecular complexity index is 195. The smallest absolute Gasteiger partial charge is 0.186 e. The molecular formula is C9H18O6. The molecule has 1 heterocycles. The van der Waals surface area contributed by atoms with Crippen LogP contribution in [0.3, 0.4) is 0 Å². The summed E-state index contributed by atoms with van der Waals surface area (Å²) in [5.74, 6) is 0. The van der Waals surface area contributed by atoms with Crippen LogP contribution in [0.2, 0.25) is 0 Å². The van der Waals surface area contributed by atoms with Gasteiger partial charge in [-0.1, -0.05) is 0 Å². The van der Waals surface area contributed by atoms with Gasteiger partial charge in [-0.05, 0) is 13.8 Å². The Morgan fingerprint density at radius 1 is 1.20 bits per heavy atom.